The Labute approximate surface area is 157 Å². The number of ether oxygens (including phenoxy) is 2. The third-order valence-electron chi connectivity index (χ3n) is 5.71. The normalized spacial score (nSPS) is 12.9. The Bertz CT molecular complexity index is 749. The Kier molecular flexibility index (Phi) is 5.70. The molecule has 2 rings (SSSR count). The van der Waals surface area contributed by atoms with Crippen molar-refractivity contribution < 1.29 is 14.3 Å². The molecule has 2 aromatic carbocycles. The fourth-order valence-corrected chi connectivity index (χ4v) is 3.43. The van der Waals surface area contributed by atoms with E-state index in [1.807, 2.05) is 37.3 Å². The van der Waals surface area contributed by atoms with Crippen molar-refractivity contribution in [3.05, 3.63) is 42.5 Å². The second kappa shape index (κ2) is 7.30. The topological polar surface area (TPSA) is 35.5 Å². The van der Waals surface area contributed by atoms with Crippen molar-refractivity contribution in [3.8, 4) is 5.75 Å². The van der Waals surface area contributed by atoms with Gasteiger partial charge in [0.05, 0.1) is 5.41 Å². The molecule has 2 aromatic rings. The molecular formula is C23H32O3. The summed E-state index contributed by atoms with van der Waals surface area (Å²) in [6.07, 6.45) is 0. The van der Waals surface area contributed by atoms with Gasteiger partial charge in [-0.2, -0.15) is 0 Å². The zero-order valence-corrected chi connectivity index (χ0v) is 17.2. The number of carbonyl (C=O) groups is 1. The molecule has 0 radical (unpaired) electrons. The van der Waals surface area contributed by atoms with E-state index in [1.54, 1.807) is 0 Å². The molecule has 0 saturated carbocycles. The summed E-state index contributed by atoms with van der Waals surface area (Å²) in [5, 5.41) is 2.31. The van der Waals surface area contributed by atoms with Crippen molar-refractivity contribution in [2.75, 3.05) is 13.2 Å². The summed E-state index contributed by atoms with van der Waals surface area (Å²) in [6.45, 7) is 15.1. The van der Waals surface area contributed by atoms with Crippen LogP contribution in [0.15, 0.2) is 42.5 Å². The molecule has 0 aliphatic heterocycles. The largest absolute Gasteiger partial charge is 0.490 e. The first-order chi connectivity index (χ1) is 12.0. The minimum absolute atomic E-state index is 0.167. The number of benzene rings is 2. The molecule has 0 aliphatic rings. The summed E-state index contributed by atoms with van der Waals surface area (Å²) < 4.78 is 11.4. The van der Waals surface area contributed by atoms with Crippen molar-refractivity contribution in [1.29, 1.82) is 0 Å². The van der Waals surface area contributed by atoms with E-state index in [0.717, 1.165) is 11.1 Å². The molecule has 0 fully saturated rings. The molecule has 0 N–H and O–H groups in total. The predicted octanol–water partition coefficient (Wildman–Crippen LogP) is 5.86. The fraction of sp³-hybridized carbons (Fsp3) is 0.522. The maximum atomic E-state index is 12.9. The van der Waals surface area contributed by atoms with E-state index < -0.39 is 5.41 Å². The number of rotatable bonds is 5. The van der Waals surface area contributed by atoms with Crippen LogP contribution in [0.5, 0.6) is 5.75 Å². The molecule has 0 unspecified atom stereocenters. The van der Waals surface area contributed by atoms with Crippen molar-refractivity contribution in [2.24, 2.45) is 16.2 Å². The highest BCUT2D eigenvalue weighted by atomic mass is 16.6. The minimum atomic E-state index is -0.594. The average Bonchev–Trinajstić information content (AvgIpc) is 2.55. The van der Waals surface area contributed by atoms with Gasteiger partial charge in [-0.05, 0) is 40.7 Å². The van der Waals surface area contributed by atoms with E-state index >= 15 is 0 Å². The average molecular weight is 357 g/mol. The molecule has 26 heavy (non-hydrogen) atoms. The van der Waals surface area contributed by atoms with Crippen LogP contribution in [0, 0.1) is 16.2 Å². The number of hydrogen-bond acceptors (Lipinski definition) is 3. The van der Waals surface area contributed by atoms with E-state index in [2.05, 4.69) is 53.7 Å². The zero-order chi connectivity index (χ0) is 19.6. The Morgan fingerprint density at radius 2 is 1.38 bits per heavy atom. The van der Waals surface area contributed by atoms with Gasteiger partial charge in [0, 0.05) is 0 Å². The van der Waals surface area contributed by atoms with E-state index in [0.29, 0.717) is 6.61 Å². The number of hydrogen-bond donors (Lipinski definition) is 0. The third-order valence-corrected chi connectivity index (χ3v) is 5.71. The second-order valence-corrected chi connectivity index (χ2v) is 9.12. The van der Waals surface area contributed by atoms with Crippen LogP contribution in [0.1, 0.15) is 48.5 Å². The Morgan fingerprint density at radius 1 is 0.808 bits per heavy atom. The van der Waals surface area contributed by atoms with E-state index in [9.17, 15) is 4.79 Å². The molecule has 3 heteroatoms. The number of esters is 1. The lowest BCUT2D eigenvalue weighted by atomic mass is 9.55. The third kappa shape index (κ3) is 4.03. The van der Waals surface area contributed by atoms with Crippen LogP contribution < -0.4 is 4.74 Å². The van der Waals surface area contributed by atoms with Gasteiger partial charge in [-0.3, -0.25) is 4.79 Å². The van der Waals surface area contributed by atoms with Crippen LogP contribution in [0.2, 0.25) is 0 Å². The smallest absolute Gasteiger partial charge is 0.312 e. The van der Waals surface area contributed by atoms with E-state index in [1.165, 1.54) is 5.39 Å². The monoisotopic (exact) mass is 356 g/mol. The fourth-order valence-electron chi connectivity index (χ4n) is 3.43. The molecule has 0 heterocycles. The van der Waals surface area contributed by atoms with Crippen molar-refractivity contribution in [3.63, 3.8) is 0 Å². The highest BCUT2D eigenvalue weighted by Gasteiger charge is 2.53. The van der Waals surface area contributed by atoms with Crippen molar-refractivity contribution in [1.82, 2.24) is 0 Å². The Balaban J connectivity index is 1.96. The van der Waals surface area contributed by atoms with Gasteiger partial charge < -0.3 is 9.47 Å². The first-order valence-corrected chi connectivity index (χ1v) is 9.26. The van der Waals surface area contributed by atoms with Gasteiger partial charge in [-0.1, -0.05) is 71.9 Å². The Morgan fingerprint density at radius 3 is 1.96 bits per heavy atom. The highest BCUT2D eigenvalue weighted by Crippen LogP contribution is 2.52. The molecule has 3 nitrogen and oxygen atoms in total. The molecule has 0 saturated heterocycles. The first kappa shape index (κ1) is 20.3. The molecule has 0 spiro atoms. The van der Waals surface area contributed by atoms with Crippen LogP contribution >= 0.6 is 0 Å². The first-order valence-electron chi connectivity index (χ1n) is 9.26. The SMILES string of the molecule is CC(C)(C)C(C)(C(=O)OCCOc1ccc2ccccc2c1)C(C)(C)C. The second-order valence-electron chi connectivity index (χ2n) is 9.12. The summed E-state index contributed by atoms with van der Waals surface area (Å²) in [6, 6.07) is 14.1. The molecule has 0 aliphatic carbocycles. The quantitative estimate of drug-likeness (QED) is 0.497. The van der Waals surface area contributed by atoms with Crippen LogP contribution in [-0.4, -0.2) is 19.2 Å². The van der Waals surface area contributed by atoms with Gasteiger partial charge in [0.25, 0.3) is 0 Å². The number of carbonyl (C=O) groups excluding carboxylic acids is 1. The maximum Gasteiger partial charge on any atom is 0.312 e. The summed E-state index contributed by atoms with van der Waals surface area (Å²) in [4.78, 5) is 12.9. The van der Waals surface area contributed by atoms with Gasteiger partial charge in [-0.15, -0.1) is 0 Å². The molecule has 0 aromatic heterocycles. The highest BCUT2D eigenvalue weighted by molar-refractivity contribution is 5.83. The maximum absolute atomic E-state index is 12.9. The molecular weight excluding hydrogens is 324 g/mol. The molecule has 142 valence electrons. The lowest BCUT2D eigenvalue weighted by Crippen LogP contribution is -2.51. The predicted molar refractivity (Wildman–Crippen MR) is 107 cm³/mol. The summed E-state index contributed by atoms with van der Waals surface area (Å²) in [5.74, 6) is 0.619. The van der Waals surface area contributed by atoms with Gasteiger partial charge >= 0.3 is 5.97 Å². The van der Waals surface area contributed by atoms with E-state index in [-0.39, 0.29) is 23.4 Å². The standard InChI is InChI=1S/C23H32O3/c1-21(2,3)23(7,22(4,5)6)20(24)26-15-14-25-19-13-12-17-10-8-9-11-18(17)16-19/h8-13,16H,14-15H2,1-7H3. The zero-order valence-electron chi connectivity index (χ0n) is 17.2. The summed E-state index contributed by atoms with van der Waals surface area (Å²) in [7, 11) is 0. The van der Waals surface area contributed by atoms with Crippen LogP contribution in [0.3, 0.4) is 0 Å². The van der Waals surface area contributed by atoms with Gasteiger partial charge in [0.2, 0.25) is 0 Å². The summed E-state index contributed by atoms with van der Waals surface area (Å²) in [5.41, 5.74) is -1.01. The van der Waals surface area contributed by atoms with Crippen LogP contribution in [0.25, 0.3) is 10.8 Å². The lowest BCUT2D eigenvalue weighted by Gasteiger charge is -2.48. The van der Waals surface area contributed by atoms with Crippen molar-refractivity contribution >= 4 is 16.7 Å². The molecule has 0 bridgehead atoms. The van der Waals surface area contributed by atoms with Crippen LogP contribution in [-0.2, 0) is 9.53 Å². The summed E-state index contributed by atoms with van der Waals surface area (Å²) >= 11 is 0. The Hall–Kier alpha value is -2.03. The van der Waals surface area contributed by atoms with E-state index in [4.69, 9.17) is 9.47 Å². The van der Waals surface area contributed by atoms with Crippen molar-refractivity contribution in [2.45, 2.75) is 48.5 Å². The minimum Gasteiger partial charge on any atom is -0.490 e. The number of fused-ring (bicyclic) bond motifs is 1. The van der Waals surface area contributed by atoms with Crippen LogP contribution in [0.4, 0.5) is 0 Å². The van der Waals surface area contributed by atoms with Gasteiger partial charge in [0.15, 0.2) is 0 Å². The van der Waals surface area contributed by atoms with Gasteiger partial charge in [0.1, 0.15) is 19.0 Å². The lowest BCUT2D eigenvalue weighted by molar-refractivity contribution is -0.173. The molecule has 0 amide bonds. The van der Waals surface area contributed by atoms with Gasteiger partial charge in [-0.25, -0.2) is 0 Å². The molecule has 0 atom stereocenters.